The van der Waals surface area contributed by atoms with Crippen LogP contribution < -0.4 is 0 Å². The van der Waals surface area contributed by atoms with Crippen molar-refractivity contribution in [2.75, 3.05) is 0 Å². The van der Waals surface area contributed by atoms with Crippen LogP contribution >= 0.6 is 0 Å². The number of carbonyl (C=O) groups is 1. The molecule has 8 heavy (non-hydrogen) atoms. The molecule has 7 heteroatoms. The van der Waals surface area contributed by atoms with Crippen molar-refractivity contribution < 1.29 is 17.7 Å². The predicted octanol–water partition coefficient (Wildman–Crippen LogP) is -0.234. The van der Waals surface area contributed by atoms with Crippen molar-refractivity contribution in [1.29, 1.82) is 0 Å². The molecule has 0 unspecified atom stereocenters. The zero-order valence-corrected chi connectivity index (χ0v) is 5.47. The van der Waals surface area contributed by atoms with E-state index in [4.69, 9.17) is 15.0 Å². The van der Waals surface area contributed by atoms with E-state index >= 15 is 0 Å². The number of hydrogen-bond donors (Lipinski definition) is 2. The monoisotopic (exact) mass is 182 g/mol. The van der Waals surface area contributed by atoms with Crippen molar-refractivity contribution in [2.45, 2.75) is 0 Å². The van der Waals surface area contributed by atoms with E-state index in [9.17, 15) is 2.73 Å². The summed E-state index contributed by atoms with van der Waals surface area (Å²) in [6.07, 6.45) is -1.83. The Bertz CT molecular complexity index is 46.5. The van der Waals surface area contributed by atoms with Crippen LogP contribution in [-0.2, 0) is 0 Å². The zero-order valence-electron chi connectivity index (χ0n) is 3.27. The number of carboxylic acid groups (broad SMARTS) is 2. The molecule has 0 aliphatic heterocycles. The predicted molar refractivity (Wildman–Crippen MR) is 27.2 cm³/mol. The van der Waals surface area contributed by atoms with Gasteiger partial charge < -0.3 is 10.2 Å². The SMILES string of the molecule is O=C(O)O.[CaH2].[F][Ca][F]. The Kier molecular flexibility index (Phi) is 32.4. The second kappa shape index (κ2) is 15.9. The molecule has 0 aromatic carbocycles. The van der Waals surface area contributed by atoms with E-state index in [1.54, 1.807) is 0 Å². The van der Waals surface area contributed by atoms with Gasteiger partial charge in [-0.3, -0.25) is 0 Å². The van der Waals surface area contributed by atoms with Gasteiger partial charge in [0.1, 0.15) is 0 Å². The average molecular weight is 182 g/mol. The molecule has 0 atom stereocenters. The van der Waals surface area contributed by atoms with Crippen LogP contribution in [-0.4, -0.2) is 89.5 Å². The van der Waals surface area contributed by atoms with Gasteiger partial charge >= 0.3 is 82.0 Å². The fourth-order valence-corrected chi connectivity index (χ4v) is 0. The molecular formula is CH4Ca2F2O3. The van der Waals surface area contributed by atoms with Gasteiger partial charge in [-0.05, 0) is 0 Å². The van der Waals surface area contributed by atoms with Gasteiger partial charge in [-0.15, -0.1) is 0 Å². The van der Waals surface area contributed by atoms with E-state index in [1.807, 2.05) is 0 Å². The maximum atomic E-state index is 9.81. The third-order valence-electron chi connectivity index (χ3n) is 0. The first kappa shape index (κ1) is 16.3. The van der Waals surface area contributed by atoms with Gasteiger partial charge in [-0.25, -0.2) is 4.79 Å². The van der Waals surface area contributed by atoms with Gasteiger partial charge in [-0.2, -0.15) is 0 Å². The number of rotatable bonds is 0. The molecule has 0 aliphatic carbocycles. The first-order chi connectivity index (χ1) is 3.15. The Morgan fingerprint density at radius 2 is 1.38 bits per heavy atom. The van der Waals surface area contributed by atoms with E-state index in [0.29, 0.717) is 0 Å². The summed E-state index contributed by atoms with van der Waals surface area (Å²) in [7, 11) is 0. The molecule has 3 nitrogen and oxygen atoms in total. The first-order valence-corrected chi connectivity index (χ1v) is 2.86. The molecule has 0 saturated carbocycles. The Hall–Kier alpha value is 1.65. The number of hydrogen-bond acceptors (Lipinski definition) is 1. The summed E-state index contributed by atoms with van der Waals surface area (Å²) in [5.41, 5.74) is 0. The minimum atomic E-state index is -2.88. The molecule has 44 valence electrons. The summed E-state index contributed by atoms with van der Waals surface area (Å²) in [5.74, 6) is 0. The Balaban J connectivity index is -0.0000000575. The molecule has 0 bridgehead atoms. The molecule has 0 rings (SSSR count). The summed E-state index contributed by atoms with van der Waals surface area (Å²) < 4.78 is 19.6. The molecule has 2 N–H and O–H groups in total. The third kappa shape index (κ3) is 124. The van der Waals surface area contributed by atoms with Crippen LogP contribution in [0.5, 0.6) is 0 Å². The van der Waals surface area contributed by atoms with Crippen molar-refractivity contribution in [2.24, 2.45) is 0 Å². The zero-order chi connectivity index (χ0) is 6.28. The van der Waals surface area contributed by atoms with Crippen LogP contribution in [0, 0.1) is 0 Å². The van der Waals surface area contributed by atoms with Crippen molar-refractivity contribution in [3.8, 4) is 0 Å². The minimum absolute atomic E-state index is 0. The van der Waals surface area contributed by atoms with Crippen molar-refractivity contribution in [1.82, 2.24) is 0 Å². The summed E-state index contributed by atoms with van der Waals surface area (Å²) in [4.78, 5) is 8.56. The molecule has 0 aromatic heterocycles. The molecule has 0 aliphatic rings. The van der Waals surface area contributed by atoms with Crippen molar-refractivity contribution in [3.05, 3.63) is 0 Å². The van der Waals surface area contributed by atoms with E-state index in [-0.39, 0.29) is 37.7 Å². The summed E-state index contributed by atoms with van der Waals surface area (Å²) in [5, 5.41) is 13.9. The van der Waals surface area contributed by atoms with Crippen LogP contribution in [0.1, 0.15) is 0 Å². The third-order valence-corrected chi connectivity index (χ3v) is 0. The molecule has 0 fully saturated rings. The second-order valence-corrected chi connectivity index (χ2v) is 0.699. The molecule has 0 heterocycles. The number of halogens is 2. The van der Waals surface area contributed by atoms with Gasteiger partial charge in [0.2, 0.25) is 0 Å². The molecule has 0 aromatic rings. The Morgan fingerprint density at radius 3 is 1.38 bits per heavy atom. The topological polar surface area (TPSA) is 57.5 Å². The molecule has 0 amide bonds. The van der Waals surface area contributed by atoms with Gasteiger partial charge in [0.05, 0.1) is 0 Å². The second-order valence-electron chi connectivity index (χ2n) is 0.384. The normalized spacial score (nSPS) is 4.25. The Labute approximate surface area is 95.2 Å². The van der Waals surface area contributed by atoms with Crippen molar-refractivity contribution in [3.63, 3.8) is 0 Å². The summed E-state index contributed by atoms with van der Waals surface area (Å²) in [6.45, 7) is 0. The molecule has 0 spiro atoms. The van der Waals surface area contributed by atoms with Gasteiger partial charge in [0.15, 0.2) is 0 Å². The van der Waals surface area contributed by atoms with Crippen LogP contribution in [0.15, 0.2) is 0 Å². The van der Waals surface area contributed by atoms with E-state index in [2.05, 4.69) is 0 Å². The average Bonchev–Trinajstić information content (AvgIpc) is 1.33. The van der Waals surface area contributed by atoms with E-state index < -0.39 is 41.5 Å². The quantitative estimate of drug-likeness (QED) is 0.508. The van der Waals surface area contributed by atoms with E-state index in [0.717, 1.165) is 0 Å². The summed E-state index contributed by atoms with van der Waals surface area (Å²) >= 11 is -2.88. The van der Waals surface area contributed by atoms with Gasteiger partial charge in [-0.1, -0.05) is 0 Å². The van der Waals surface area contributed by atoms with E-state index in [1.165, 1.54) is 0 Å². The Morgan fingerprint density at radius 1 is 1.38 bits per heavy atom. The molecular weight excluding hydrogens is 178 g/mol. The van der Waals surface area contributed by atoms with Crippen LogP contribution in [0.3, 0.4) is 0 Å². The van der Waals surface area contributed by atoms with Gasteiger partial charge in [0.25, 0.3) is 0 Å². The first-order valence-electron chi connectivity index (χ1n) is 1.19. The van der Waals surface area contributed by atoms with Crippen molar-refractivity contribution >= 4 is 79.3 Å². The fourth-order valence-electron chi connectivity index (χ4n) is 0. The summed E-state index contributed by atoms with van der Waals surface area (Å²) in [6, 6.07) is 0. The van der Waals surface area contributed by atoms with Gasteiger partial charge in [0, 0.05) is 0 Å². The van der Waals surface area contributed by atoms with Crippen LogP contribution in [0.2, 0.25) is 0 Å². The van der Waals surface area contributed by atoms with Crippen LogP contribution in [0.25, 0.3) is 0 Å². The van der Waals surface area contributed by atoms with Crippen LogP contribution in [0.4, 0.5) is 7.52 Å². The molecule has 0 saturated heterocycles. The molecule has 0 radical (unpaired) electrons. The standard InChI is InChI=1S/CH2O3.2Ca.2FH.2H/c2-1(3)4;;;;;;/h(H2,2,3,4);;;2*1H;;/q;;+2;;;;/p-2. The fraction of sp³-hybridized carbons (Fsp3) is 0. The maximum absolute atomic E-state index is 9.81.